The first-order valence-electron chi connectivity index (χ1n) is 5.36. The van der Waals surface area contributed by atoms with Crippen LogP contribution < -0.4 is 11.5 Å². The first-order chi connectivity index (χ1) is 7.81. The van der Waals surface area contributed by atoms with Crippen LogP contribution in [0.25, 0.3) is 0 Å². The molecule has 1 amide bonds. The number of amides is 1. The van der Waals surface area contributed by atoms with Gasteiger partial charge >= 0.3 is 0 Å². The SMILES string of the molecule is Cc1ccnc(SC(C)CC(C)(N)C(N)=O)n1. The van der Waals surface area contributed by atoms with Gasteiger partial charge in [0.05, 0.1) is 5.54 Å². The number of aryl methyl sites for hydroxylation is 1. The third kappa shape index (κ3) is 4.32. The molecule has 0 saturated carbocycles. The molecule has 1 heterocycles. The summed E-state index contributed by atoms with van der Waals surface area (Å²) < 4.78 is 0. The van der Waals surface area contributed by atoms with Gasteiger partial charge in [0.1, 0.15) is 0 Å². The first kappa shape index (κ1) is 13.9. The van der Waals surface area contributed by atoms with E-state index >= 15 is 0 Å². The molecule has 0 saturated heterocycles. The first-order valence-corrected chi connectivity index (χ1v) is 6.24. The standard InChI is InChI=1S/C11H18N4OS/c1-7-4-5-14-10(15-7)17-8(2)6-11(3,13)9(12)16/h4-5,8H,6,13H2,1-3H3,(H2,12,16). The normalized spacial score (nSPS) is 16.2. The molecule has 0 radical (unpaired) electrons. The number of hydrogen-bond acceptors (Lipinski definition) is 5. The zero-order valence-electron chi connectivity index (χ0n) is 10.3. The second kappa shape index (κ2) is 5.46. The zero-order chi connectivity index (χ0) is 13.1. The number of carbonyl (C=O) groups is 1. The number of thioether (sulfide) groups is 1. The minimum Gasteiger partial charge on any atom is -0.368 e. The summed E-state index contributed by atoms with van der Waals surface area (Å²) in [6.45, 7) is 5.53. The molecule has 1 aromatic rings. The predicted molar refractivity (Wildman–Crippen MR) is 68.5 cm³/mol. The van der Waals surface area contributed by atoms with Crippen LogP contribution in [0.4, 0.5) is 0 Å². The number of primary amides is 1. The molecular weight excluding hydrogens is 236 g/mol. The third-order valence-corrected chi connectivity index (χ3v) is 3.33. The van der Waals surface area contributed by atoms with Crippen LogP contribution in [-0.4, -0.2) is 26.7 Å². The zero-order valence-corrected chi connectivity index (χ0v) is 11.1. The lowest BCUT2D eigenvalue weighted by Crippen LogP contribution is -2.50. The Kier molecular flexibility index (Phi) is 4.47. The number of hydrogen-bond donors (Lipinski definition) is 2. The summed E-state index contributed by atoms with van der Waals surface area (Å²) in [5.41, 5.74) is 11.0. The van der Waals surface area contributed by atoms with Crippen molar-refractivity contribution in [3.05, 3.63) is 18.0 Å². The van der Waals surface area contributed by atoms with Gasteiger partial charge in [-0.2, -0.15) is 0 Å². The fraction of sp³-hybridized carbons (Fsp3) is 0.545. The third-order valence-electron chi connectivity index (χ3n) is 2.35. The van der Waals surface area contributed by atoms with E-state index in [1.54, 1.807) is 13.1 Å². The molecule has 0 aliphatic rings. The van der Waals surface area contributed by atoms with Crippen LogP contribution in [0.2, 0.25) is 0 Å². The lowest BCUT2D eigenvalue weighted by Gasteiger charge is -2.23. The van der Waals surface area contributed by atoms with Gasteiger partial charge in [0.15, 0.2) is 5.16 Å². The Morgan fingerprint density at radius 3 is 2.82 bits per heavy atom. The summed E-state index contributed by atoms with van der Waals surface area (Å²) in [6.07, 6.45) is 2.21. The summed E-state index contributed by atoms with van der Waals surface area (Å²) in [5.74, 6) is -0.491. The fourth-order valence-electron chi connectivity index (χ4n) is 1.40. The maximum absolute atomic E-state index is 11.1. The van der Waals surface area contributed by atoms with Gasteiger partial charge in [-0.25, -0.2) is 9.97 Å². The van der Waals surface area contributed by atoms with Crippen LogP contribution in [0.3, 0.4) is 0 Å². The molecule has 5 nitrogen and oxygen atoms in total. The van der Waals surface area contributed by atoms with Crippen LogP contribution in [0.15, 0.2) is 17.4 Å². The van der Waals surface area contributed by atoms with Crippen molar-refractivity contribution in [1.82, 2.24) is 9.97 Å². The van der Waals surface area contributed by atoms with Crippen LogP contribution in [0.5, 0.6) is 0 Å². The molecule has 94 valence electrons. The molecular formula is C11H18N4OS. The smallest absolute Gasteiger partial charge is 0.237 e. The maximum Gasteiger partial charge on any atom is 0.237 e. The second-order valence-corrected chi connectivity index (χ2v) is 5.80. The van der Waals surface area contributed by atoms with Crippen molar-refractivity contribution < 1.29 is 4.79 Å². The lowest BCUT2D eigenvalue weighted by molar-refractivity contribution is -0.122. The van der Waals surface area contributed by atoms with Crippen LogP contribution in [-0.2, 0) is 4.79 Å². The van der Waals surface area contributed by atoms with Gasteiger partial charge in [0.25, 0.3) is 0 Å². The Morgan fingerprint density at radius 2 is 2.29 bits per heavy atom. The molecule has 0 aliphatic heterocycles. The fourth-order valence-corrected chi connectivity index (χ4v) is 2.51. The Hall–Kier alpha value is -1.14. The molecule has 4 N–H and O–H groups in total. The minimum atomic E-state index is -0.990. The summed E-state index contributed by atoms with van der Waals surface area (Å²) >= 11 is 1.49. The number of aromatic nitrogens is 2. The molecule has 6 heteroatoms. The highest BCUT2D eigenvalue weighted by Crippen LogP contribution is 2.25. The van der Waals surface area contributed by atoms with E-state index < -0.39 is 11.4 Å². The summed E-state index contributed by atoms with van der Waals surface area (Å²) in [7, 11) is 0. The molecule has 2 atom stereocenters. The average Bonchev–Trinajstić information content (AvgIpc) is 2.15. The molecule has 0 bridgehead atoms. The highest BCUT2D eigenvalue weighted by molar-refractivity contribution is 7.99. The van der Waals surface area contributed by atoms with E-state index in [4.69, 9.17) is 11.5 Å². The van der Waals surface area contributed by atoms with Gasteiger partial charge < -0.3 is 11.5 Å². The van der Waals surface area contributed by atoms with Crippen molar-refractivity contribution >= 4 is 17.7 Å². The monoisotopic (exact) mass is 254 g/mol. The molecule has 2 unspecified atom stereocenters. The van der Waals surface area contributed by atoms with Gasteiger partial charge in [0, 0.05) is 17.1 Å². The van der Waals surface area contributed by atoms with E-state index in [-0.39, 0.29) is 5.25 Å². The van der Waals surface area contributed by atoms with Gasteiger partial charge in [-0.15, -0.1) is 0 Å². The second-order valence-electron chi connectivity index (χ2n) is 4.39. The van der Waals surface area contributed by atoms with E-state index in [0.29, 0.717) is 11.6 Å². The molecule has 0 aromatic carbocycles. The Labute approximate surface area is 105 Å². The van der Waals surface area contributed by atoms with Gasteiger partial charge in [-0.05, 0) is 26.3 Å². The van der Waals surface area contributed by atoms with E-state index in [1.807, 2.05) is 19.9 Å². The van der Waals surface area contributed by atoms with Gasteiger partial charge in [-0.1, -0.05) is 18.7 Å². The Balaban J connectivity index is 2.61. The van der Waals surface area contributed by atoms with E-state index in [2.05, 4.69) is 9.97 Å². The molecule has 1 rings (SSSR count). The Bertz CT molecular complexity index is 408. The number of nitrogens with two attached hydrogens (primary N) is 2. The topological polar surface area (TPSA) is 94.9 Å². The highest BCUT2D eigenvalue weighted by Gasteiger charge is 2.28. The number of carbonyl (C=O) groups excluding carboxylic acids is 1. The van der Waals surface area contributed by atoms with Crippen molar-refractivity contribution in [2.75, 3.05) is 0 Å². The quantitative estimate of drug-likeness (QED) is 0.600. The van der Waals surface area contributed by atoms with Crippen molar-refractivity contribution in [2.24, 2.45) is 11.5 Å². The summed E-state index contributed by atoms with van der Waals surface area (Å²) in [5, 5.41) is 0.817. The van der Waals surface area contributed by atoms with Crippen LogP contribution in [0.1, 0.15) is 26.0 Å². The van der Waals surface area contributed by atoms with Crippen molar-refractivity contribution in [3.8, 4) is 0 Å². The van der Waals surface area contributed by atoms with Gasteiger partial charge in [-0.3, -0.25) is 4.79 Å². The van der Waals surface area contributed by atoms with Crippen LogP contribution in [0, 0.1) is 6.92 Å². The average molecular weight is 254 g/mol. The summed E-state index contributed by atoms with van der Waals surface area (Å²) in [6, 6.07) is 1.84. The van der Waals surface area contributed by atoms with E-state index in [1.165, 1.54) is 11.8 Å². The number of rotatable bonds is 5. The lowest BCUT2D eigenvalue weighted by atomic mass is 9.97. The molecule has 0 spiro atoms. The molecule has 0 aliphatic carbocycles. The van der Waals surface area contributed by atoms with E-state index in [9.17, 15) is 4.79 Å². The van der Waals surface area contributed by atoms with Crippen molar-refractivity contribution in [3.63, 3.8) is 0 Å². The van der Waals surface area contributed by atoms with Gasteiger partial charge in [0.2, 0.25) is 5.91 Å². The minimum absolute atomic E-state index is 0.124. The van der Waals surface area contributed by atoms with Crippen molar-refractivity contribution in [2.45, 2.75) is 43.1 Å². The van der Waals surface area contributed by atoms with Crippen molar-refractivity contribution in [1.29, 1.82) is 0 Å². The largest absolute Gasteiger partial charge is 0.368 e. The number of nitrogens with zero attached hydrogens (tertiary/aromatic N) is 2. The van der Waals surface area contributed by atoms with E-state index in [0.717, 1.165) is 5.69 Å². The Morgan fingerprint density at radius 1 is 1.65 bits per heavy atom. The molecule has 0 fully saturated rings. The predicted octanol–water partition coefficient (Wildman–Crippen LogP) is 0.858. The summed E-state index contributed by atoms with van der Waals surface area (Å²) in [4.78, 5) is 19.6. The highest BCUT2D eigenvalue weighted by atomic mass is 32.2. The van der Waals surface area contributed by atoms with Crippen LogP contribution >= 0.6 is 11.8 Å². The maximum atomic E-state index is 11.1. The molecule has 17 heavy (non-hydrogen) atoms. The molecule has 1 aromatic heterocycles.